The highest BCUT2D eigenvalue weighted by Crippen LogP contribution is 2.24. The van der Waals surface area contributed by atoms with Crippen LogP contribution in [0.3, 0.4) is 0 Å². The Labute approximate surface area is 146 Å². The van der Waals surface area contributed by atoms with E-state index in [0.29, 0.717) is 16.7 Å². The summed E-state index contributed by atoms with van der Waals surface area (Å²) in [6, 6.07) is 5.50. The lowest BCUT2D eigenvalue weighted by Crippen LogP contribution is -2.17. The van der Waals surface area contributed by atoms with Crippen molar-refractivity contribution in [2.24, 2.45) is 12.0 Å². The van der Waals surface area contributed by atoms with Gasteiger partial charge in [0.2, 0.25) is 0 Å². The predicted octanol–water partition coefficient (Wildman–Crippen LogP) is 4.11. The Balaban J connectivity index is 2.13. The van der Waals surface area contributed by atoms with E-state index in [4.69, 9.17) is 11.6 Å². The van der Waals surface area contributed by atoms with Gasteiger partial charge in [-0.1, -0.05) is 29.8 Å². The molecule has 0 atom stereocenters. The van der Waals surface area contributed by atoms with Crippen LogP contribution in [0, 0.1) is 12.7 Å². The minimum atomic E-state index is -2.87. The summed E-state index contributed by atoms with van der Waals surface area (Å²) >= 11 is 5.95. The van der Waals surface area contributed by atoms with Gasteiger partial charge in [-0.2, -0.15) is 0 Å². The summed E-state index contributed by atoms with van der Waals surface area (Å²) in [5.41, 5.74) is 0.571. The number of pyridine rings is 1. The second kappa shape index (κ2) is 6.84. The summed E-state index contributed by atoms with van der Waals surface area (Å²) < 4.78 is 41.6. The number of fused-ring (bicyclic) bond motifs is 1. The second-order valence-corrected chi connectivity index (χ2v) is 5.89. The molecule has 0 saturated carbocycles. The van der Waals surface area contributed by atoms with E-state index in [0.717, 1.165) is 11.6 Å². The summed E-state index contributed by atoms with van der Waals surface area (Å²) in [6.45, 7) is 1.69. The smallest absolute Gasteiger partial charge is 0.266 e. The van der Waals surface area contributed by atoms with E-state index in [1.54, 1.807) is 19.2 Å². The molecule has 0 spiro atoms. The van der Waals surface area contributed by atoms with Gasteiger partial charge in [0, 0.05) is 18.0 Å². The molecule has 8 heteroatoms. The molecule has 2 aromatic heterocycles. The molecule has 0 radical (unpaired) electrons. The van der Waals surface area contributed by atoms with Crippen molar-refractivity contribution in [1.82, 2.24) is 14.5 Å². The molecule has 2 heterocycles. The van der Waals surface area contributed by atoms with E-state index in [2.05, 4.69) is 15.0 Å². The minimum absolute atomic E-state index is 0.0822. The fourth-order valence-electron chi connectivity index (χ4n) is 2.50. The average molecular weight is 367 g/mol. The normalized spacial score (nSPS) is 12.4. The van der Waals surface area contributed by atoms with Gasteiger partial charge in [0.05, 0.1) is 23.8 Å². The number of rotatable bonds is 3. The number of aromatic nitrogens is 3. The van der Waals surface area contributed by atoms with Crippen LogP contribution in [0.25, 0.3) is 10.9 Å². The van der Waals surface area contributed by atoms with Gasteiger partial charge in [-0.15, -0.1) is 0 Å². The summed E-state index contributed by atoms with van der Waals surface area (Å²) in [5.74, 6) is -0.263. The van der Waals surface area contributed by atoms with E-state index in [9.17, 15) is 13.2 Å². The highest BCUT2D eigenvalue weighted by molar-refractivity contribution is 6.30. The topological polar surface area (TPSA) is 43.1 Å². The van der Waals surface area contributed by atoms with Crippen molar-refractivity contribution in [2.75, 3.05) is 0 Å². The van der Waals surface area contributed by atoms with Crippen molar-refractivity contribution < 1.29 is 13.2 Å². The molecule has 1 aromatic carbocycles. The Kier molecular flexibility index (Phi) is 4.76. The second-order valence-electron chi connectivity index (χ2n) is 5.50. The summed E-state index contributed by atoms with van der Waals surface area (Å²) in [7, 11) is 1.83. The molecule has 130 valence electrons. The fourth-order valence-corrected chi connectivity index (χ4v) is 2.66. The number of nitrogens with zero attached hydrogens (tertiary/aromatic N) is 4. The van der Waals surface area contributed by atoms with Gasteiger partial charge in [-0.25, -0.2) is 23.1 Å². The zero-order valence-corrected chi connectivity index (χ0v) is 14.2. The van der Waals surface area contributed by atoms with Gasteiger partial charge in [0.25, 0.3) is 6.43 Å². The highest BCUT2D eigenvalue weighted by atomic mass is 35.5. The molecule has 4 nitrogen and oxygen atoms in total. The van der Waals surface area contributed by atoms with E-state index in [1.165, 1.54) is 12.1 Å². The molecule has 0 bridgehead atoms. The summed E-state index contributed by atoms with van der Waals surface area (Å²) in [5, 5.41) is 0.930. The van der Waals surface area contributed by atoms with Crippen LogP contribution in [0.2, 0.25) is 5.15 Å². The van der Waals surface area contributed by atoms with Crippen LogP contribution >= 0.6 is 11.6 Å². The third-order valence-electron chi connectivity index (χ3n) is 3.95. The largest absolute Gasteiger partial charge is 0.331 e. The molecule has 0 aliphatic rings. The van der Waals surface area contributed by atoms with Crippen LogP contribution in [0.1, 0.15) is 23.4 Å². The standard InChI is InChI=1S/C17H14ClF3N4/c1-9-24-17(12-6-14(18)22-8-13(12)25(9)2)23-7-10-4-3-5-11(15(10)19)16(20)21/h3-6,8,16H,7H2,1-2H3. The Bertz CT molecular complexity index is 1010. The van der Waals surface area contributed by atoms with Gasteiger partial charge in [0.1, 0.15) is 16.8 Å². The van der Waals surface area contributed by atoms with Gasteiger partial charge in [-0.3, -0.25) is 4.99 Å². The van der Waals surface area contributed by atoms with Gasteiger partial charge >= 0.3 is 0 Å². The Morgan fingerprint density at radius 2 is 2.08 bits per heavy atom. The van der Waals surface area contributed by atoms with E-state index >= 15 is 0 Å². The Morgan fingerprint density at radius 1 is 1.32 bits per heavy atom. The Hall–Kier alpha value is -2.41. The van der Waals surface area contributed by atoms with Crippen molar-refractivity contribution in [3.63, 3.8) is 0 Å². The molecule has 0 aliphatic heterocycles. The molecule has 0 saturated heterocycles. The van der Waals surface area contributed by atoms with Crippen LogP contribution in [0.4, 0.5) is 13.2 Å². The molecule has 0 N–H and O–H groups in total. The van der Waals surface area contributed by atoms with Crippen LogP contribution in [-0.2, 0) is 13.6 Å². The van der Waals surface area contributed by atoms with Crippen LogP contribution in [0.15, 0.2) is 35.5 Å². The van der Waals surface area contributed by atoms with Crippen molar-refractivity contribution >= 4 is 22.5 Å². The van der Waals surface area contributed by atoms with Gasteiger partial charge in [-0.05, 0) is 13.0 Å². The van der Waals surface area contributed by atoms with Crippen molar-refractivity contribution in [2.45, 2.75) is 19.9 Å². The molecule has 0 fully saturated rings. The molecule has 25 heavy (non-hydrogen) atoms. The third kappa shape index (κ3) is 3.37. The number of hydrogen-bond donors (Lipinski definition) is 0. The molecule has 0 aliphatic carbocycles. The van der Waals surface area contributed by atoms with Crippen LogP contribution in [-0.4, -0.2) is 14.5 Å². The highest BCUT2D eigenvalue weighted by Gasteiger charge is 2.15. The summed E-state index contributed by atoms with van der Waals surface area (Å²) in [4.78, 5) is 12.7. The molecule has 0 unspecified atom stereocenters. The number of benzene rings is 1. The number of aryl methyl sites for hydroxylation is 2. The lowest BCUT2D eigenvalue weighted by molar-refractivity contribution is 0.146. The average Bonchev–Trinajstić information content (AvgIpc) is 2.57. The maximum absolute atomic E-state index is 14.2. The number of alkyl halides is 2. The molecule has 0 amide bonds. The first-order chi connectivity index (χ1) is 11.9. The Morgan fingerprint density at radius 3 is 2.80 bits per heavy atom. The van der Waals surface area contributed by atoms with Crippen molar-refractivity contribution in [1.29, 1.82) is 0 Å². The number of halogens is 4. The van der Waals surface area contributed by atoms with Crippen molar-refractivity contribution in [3.05, 3.63) is 63.9 Å². The first-order valence-electron chi connectivity index (χ1n) is 7.43. The molecular formula is C17H14ClF3N4. The third-order valence-corrected chi connectivity index (χ3v) is 4.15. The van der Waals surface area contributed by atoms with Crippen molar-refractivity contribution in [3.8, 4) is 0 Å². The van der Waals surface area contributed by atoms with Gasteiger partial charge < -0.3 is 4.57 Å². The van der Waals surface area contributed by atoms with E-state index in [-0.39, 0.29) is 17.3 Å². The zero-order valence-electron chi connectivity index (χ0n) is 13.5. The molecule has 3 aromatic rings. The van der Waals surface area contributed by atoms with E-state index < -0.39 is 17.8 Å². The molecular weight excluding hydrogens is 353 g/mol. The lowest BCUT2D eigenvalue weighted by Gasteiger charge is -2.09. The minimum Gasteiger partial charge on any atom is -0.331 e. The quantitative estimate of drug-likeness (QED) is 0.655. The SMILES string of the molecule is Cc1nc(=NCc2cccc(C(F)F)c2F)c2cc(Cl)ncc2n1C. The zero-order chi connectivity index (χ0) is 18.1. The monoisotopic (exact) mass is 366 g/mol. The first kappa shape index (κ1) is 17.4. The van der Waals surface area contributed by atoms with Crippen LogP contribution in [0.5, 0.6) is 0 Å². The lowest BCUT2D eigenvalue weighted by atomic mass is 10.1. The maximum atomic E-state index is 14.2. The summed E-state index contributed by atoms with van der Waals surface area (Å²) in [6.07, 6.45) is -1.27. The van der Waals surface area contributed by atoms with Crippen LogP contribution < -0.4 is 5.49 Å². The number of hydrogen-bond acceptors (Lipinski definition) is 3. The fraction of sp³-hybridized carbons (Fsp3) is 0.235. The first-order valence-corrected chi connectivity index (χ1v) is 7.81. The van der Waals surface area contributed by atoms with Gasteiger partial charge in [0.15, 0.2) is 5.49 Å². The molecule has 3 rings (SSSR count). The van der Waals surface area contributed by atoms with E-state index in [1.807, 2.05) is 11.6 Å². The predicted molar refractivity (Wildman–Crippen MR) is 88.9 cm³/mol. The maximum Gasteiger partial charge on any atom is 0.266 e.